The van der Waals surface area contributed by atoms with Gasteiger partial charge in [0.1, 0.15) is 5.75 Å². The lowest BCUT2D eigenvalue weighted by atomic mass is 9.76. The van der Waals surface area contributed by atoms with Gasteiger partial charge in [-0.1, -0.05) is 61.8 Å². The van der Waals surface area contributed by atoms with Crippen molar-refractivity contribution < 1.29 is 14.3 Å². The van der Waals surface area contributed by atoms with Crippen LogP contribution in [0, 0.1) is 11.8 Å². The molecular weight excluding hydrogens is 454 g/mol. The van der Waals surface area contributed by atoms with Crippen molar-refractivity contribution in [1.82, 2.24) is 5.32 Å². The van der Waals surface area contributed by atoms with Crippen LogP contribution in [0.4, 0.5) is 0 Å². The van der Waals surface area contributed by atoms with Gasteiger partial charge < -0.3 is 14.8 Å². The first-order chi connectivity index (χ1) is 16.0. The lowest BCUT2D eigenvalue weighted by Gasteiger charge is -2.39. The van der Waals surface area contributed by atoms with Crippen molar-refractivity contribution in [2.24, 2.45) is 11.8 Å². The molecule has 6 heteroatoms. The Morgan fingerprint density at radius 2 is 2.03 bits per heavy atom. The monoisotopic (exact) mass is 483 g/mol. The zero-order valence-corrected chi connectivity index (χ0v) is 20.6. The number of halogens is 1. The molecule has 1 aliphatic rings. The number of carbonyl (C=O) groups is 1. The Labute approximate surface area is 204 Å². The van der Waals surface area contributed by atoms with Crippen molar-refractivity contribution >= 4 is 28.8 Å². The summed E-state index contributed by atoms with van der Waals surface area (Å²) in [4.78, 5) is 13.3. The fraction of sp³-hybridized carbons (Fsp3) is 0.370. The largest absolute Gasteiger partial charge is 0.484 e. The number of carbonyl (C=O) groups excluding carboxylic acids is 1. The van der Waals surface area contributed by atoms with Crippen LogP contribution >= 0.6 is 22.9 Å². The van der Waals surface area contributed by atoms with Crippen LogP contribution in [0.15, 0.2) is 66.0 Å². The fourth-order valence-electron chi connectivity index (χ4n) is 4.43. The van der Waals surface area contributed by atoms with Gasteiger partial charge in [0.15, 0.2) is 6.61 Å². The molecule has 3 aromatic rings. The van der Waals surface area contributed by atoms with Crippen LogP contribution in [-0.2, 0) is 16.1 Å². The topological polar surface area (TPSA) is 47.6 Å². The SMILES string of the molecule is CC(C)[C@@H]1C[C@H](c2ccccc2Cl)CO[C@H]1c1cccc(OCC(=O)NCc2cccs2)c1. The average molecular weight is 484 g/mol. The normalized spacial score (nSPS) is 20.5. The maximum Gasteiger partial charge on any atom is 0.258 e. The number of rotatable bonds is 8. The Balaban J connectivity index is 1.39. The highest BCUT2D eigenvalue weighted by Crippen LogP contribution is 2.45. The van der Waals surface area contributed by atoms with Crippen molar-refractivity contribution in [3.05, 3.63) is 87.1 Å². The Kier molecular flexibility index (Phi) is 8.07. The third kappa shape index (κ3) is 6.17. The molecule has 1 aromatic heterocycles. The summed E-state index contributed by atoms with van der Waals surface area (Å²) < 4.78 is 12.2. The van der Waals surface area contributed by atoms with Crippen LogP contribution in [-0.4, -0.2) is 19.1 Å². The predicted molar refractivity (Wildman–Crippen MR) is 134 cm³/mol. The summed E-state index contributed by atoms with van der Waals surface area (Å²) in [5.74, 6) is 1.63. The van der Waals surface area contributed by atoms with E-state index in [0.717, 1.165) is 27.4 Å². The van der Waals surface area contributed by atoms with E-state index in [9.17, 15) is 4.79 Å². The van der Waals surface area contributed by atoms with Crippen molar-refractivity contribution in [2.75, 3.05) is 13.2 Å². The first kappa shape index (κ1) is 23.8. The number of amides is 1. The van der Waals surface area contributed by atoms with E-state index in [1.165, 1.54) is 0 Å². The van der Waals surface area contributed by atoms with Crippen LogP contribution in [0.5, 0.6) is 5.75 Å². The van der Waals surface area contributed by atoms with Crippen LogP contribution in [0.1, 0.15) is 48.3 Å². The summed E-state index contributed by atoms with van der Waals surface area (Å²) in [5, 5.41) is 5.69. The lowest BCUT2D eigenvalue weighted by molar-refractivity contribution is -0.123. The molecule has 3 atom stereocenters. The summed E-state index contributed by atoms with van der Waals surface area (Å²) in [6.45, 7) is 5.64. The second-order valence-corrected chi connectivity index (χ2v) is 10.3. The average Bonchev–Trinajstić information content (AvgIpc) is 3.35. The second-order valence-electron chi connectivity index (χ2n) is 8.83. The van der Waals surface area contributed by atoms with E-state index < -0.39 is 0 Å². The molecule has 1 amide bonds. The maximum absolute atomic E-state index is 12.2. The molecule has 1 N–H and O–H groups in total. The first-order valence-electron chi connectivity index (χ1n) is 11.4. The van der Waals surface area contributed by atoms with Gasteiger partial charge in [-0.05, 0) is 59.0 Å². The van der Waals surface area contributed by atoms with Gasteiger partial charge in [0.2, 0.25) is 0 Å². The standard InChI is InChI=1S/C27H30ClNO3S/c1-18(2)24-14-20(23-10-3-4-11-25(23)28)16-32-27(24)19-7-5-8-21(13-19)31-17-26(30)29-15-22-9-6-12-33-22/h3-13,18,20,24,27H,14-17H2,1-2H3,(H,29,30)/t20-,24-,27-/m0/s1. The van der Waals surface area contributed by atoms with E-state index in [-0.39, 0.29) is 24.5 Å². The number of hydrogen-bond acceptors (Lipinski definition) is 4. The minimum absolute atomic E-state index is 0.0114. The van der Waals surface area contributed by atoms with Gasteiger partial charge in [0.25, 0.3) is 5.91 Å². The molecule has 0 unspecified atom stereocenters. The van der Waals surface area contributed by atoms with E-state index in [4.69, 9.17) is 21.1 Å². The number of hydrogen-bond donors (Lipinski definition) is 1. The van der Waals surface area contributed by atoms with Crippen molar-refractivity contribution in [2.45, 2.75) is 38.8 Å². The van der Waals surface area contributed by atoms with E-state index in [2.05, 4.69) is 31.3 Å². The molecule has 0 aliphatic carbocycles. The molecule has 2 heterocycles. The van der Waals surface area contributed by atoms with Crippen LogP contribution < -0.4 is 10.1 Å². The first-order valence-corrected chi connectivity index (χ1v) is 12.6. The highest BCUT2D eigenvalue weighted by Gasteiger charge is 2.35. The predicted octanol–water partition coefficient (Wildman–Crippen LogP) is 6.61. The summed E-state index contributed by atoms with van der Waals surface area (Å²) in [5.41, 5.74) is 2.25. The van der Waals surface area contributed by atoms with Gasteiger partial charge >= 0.3 is 0 Å². The Morgan fingerprint density at radius 1 is 1.18 bits per heavy atom. The molecule has 2 aromatic carbocycles. The van der Waals surface area contributed by atoms with Crippen molar-refractivity contribution in [1.29, 1.82) is 0 Å². The fourth-order valence-corrected chi connectivity index (χ4v) is 5.37. The Bertz CT molecular complexity index is 1050. The van der Waals surface area contributed by atoms with Crippen LogP contribution in [0.25, 0.3) is 0 Å². The summed E-state index contributed by atoms with van der Waals surface area (Å²) in [6, 6.07) is 20.0. The molecule has 33 heavy (non-hydrogen) atoms. The van der Waals surface area contributed by atoms with E-state index >= 15 is 0 Å². The molecule has 1 fully saturated rings. The molecule has 0 radical (unpaired) electrons. The molecule has 0 bridgehead atoms. The summed E-state index contributed by atoms with van der Waals surface area (Å²) in [7, 11) is 0. The van der Waals surface area contributed by atoms with Crippen molar-refractivity contribution in [3.8, 4) is 5.75 Å². The number of thiophene rings is 1. The Hall–Kier alpha value is -2.34. The van der Waals surface area contributed by atoms with Crippen LogP contribution in [0.2, 0.25) is 5.02 Å². The van der Waals surface area contributed by atoms with Crippen molar-refractivity contribution in [3.63, 3.8) is 0 Å². The van der Waals surface area contributed by atoms with E-state index in [1.54, 1.807) is 11.3 Å². The zero-order valence-electron chi connectivity index (χ0n) is 19.0. The van der Waals surface area contributed by atoms with Gasteiger partial charge in [0.05, 0.1) is 19.3 Å². The third-order valence-electron chi connectivity index (χ3n) is 6.22. The quantitative estimate of drug-likeness (QED) is 0.392. The number of ether oxygens (including phenoxy) is 2. The maximum atomic E-state index is 12.2. The van der Waals surface area contributed by atoms with Gasteiger partial charge in [-0.25, -0.2) is 0 Å². The molecule has 1 aliphatic heterocycles. The van der Waals surface area contributed by atoms with Crippen LogP contribution in [0.3, 0.4) is 0 Å². The molecule has 4 rings (SSSR count). The molecule has 0 saturated carbocycles. The number of benzene rings is 2. The van der Waals surface area contributed by atoms with Gasteiger partial charge in [-0.3, -0.25) is 4.79 Å². The minimum atomic E-state index is -0.134. The smallest absolute Gasteiger partial charge is 0.258 e. The third-order valence-corrected chi connectivity index (χ3v) is 7.44. The molecule has 1 saturated heterocycles. The van der Waals surface area contributed by atoms with Gasteiger partial charge in [-0.15, -0.1) is 11.3 Å². The molecule has 174 valence electrons. The van der Waals surface area contributed by atoms with E-state index in [0.29, 0.717) is 30.7 Å². The number of nitrogens with one attached hydrogen (secondary N) is 1. The Morgan fingerprint density at radius 3 is 2.79 bits per heavy atom. The summed E-state index contributed by atoms with van der Waals surface area (Å²) >= 11 is 8.09. The molecular formula is C27H30ClNO3S. The molecule has 4 nitrogen and oxygen atoms in total. The highest BCUT2D eigenvalue weighted by atomic mass is 35.5. The van der Waals surface area contributed by atoms with E-state index in [1.807, 2.05) is 53.9 Å². The minimum Gasteiger partial charge on any atom is -0.484 e. The van der Waals surface area contributed by atoms with Gasteiger partial charge in [0, 0.05) is 15.8 Å². The van der Waals surface area contributed by atoms with Gasteiger partial charge in [-0.2, -0.15) is 0 Å². The summed E-state index contributed by atoms with van der Waals surface area (Å²) in [6.07, 6.45) is 1.00. The molecule has 0 spiro atoms. The second kappa shape index (κ2) is 11.2. The lowest BCUT2D eigenvalue weighted by Crippen LogP contribution is -2.31. The zero-order chi connectivity index (χ0) is 23.2. The highest BCUT2D eigenvalue weighted by molar-refractivity contribution is 7.09.